The first-order chi connectivity index (χ1) is 33.3. The lowest BCUT2D eigenvalue weighted by molar-refractivity contribution is -0.137. The van der Waals surface area contributed by atoms with E-state index in [9.17, 15) is 0 Å². The SMILES string of the molecule is [C-]#[N+]c1cccc(-c2cc(-n3c4ccccc4c4ccc(-c5ccnc(-c6ccccc6)c5)cc43)c(C(F)(F)F)cc2-n2c3ccccc3c3ccc(-c4ccnc(-c5ccccc5)c4)cc32)c1. The highest BCUT2D eigenvalue weighted by Crippen LogP contribution is 2.46. The van der Waals surface area contributed by atoms with E-state index >= 15 is 13.2 Å². The number of rotatable bonds is 7. The zero-order valence-electron chi connectivity index (χ0n) is 36.2. The van der Waals surface area contributed by atoms with E-state index in [0.717, 1.165) is 77.3 Å². The second-order valence-corrected chi connectivity index (χ2v) is 16.8. The summed E-state index contributed by atoms with van der Waals surface area (Å²) in [5.41, 5.74) is 10.8. The molecule has 322 valence electrons. The van der Waals surface area contributed by atoms with Crippen LogP contribution in [-0.2, 0) is 6.18 Å². The quantitative estimate of drug-likeness (QED) is 0.150. The number of benzene rings is 8. The van der Waals surface area contributed by atoms with E-state index in [2.05, 4.69) is 26.9 Å². The molecule has 4 aromatic heterocycles. The highest BCUT2D eigenvalue weighted by Gasteiger charge is 2.37. The Labute approximate surface area is 389 Å². The van der Waals surface area contributed by atoms with Crippen LogP contribution in [0.25, 0.3) is 116 Å². The zero-order chi connectivity index (χ0) is 45.9. The molecule has 8 heteroatoms. The van der Waals surface area contributed by atoms with Gasteiger partial charge < -0.3 is 9.13 Å². The Hall–Kier alpha value is -9.06. The van der Waals surface area contributed by atoms with Crippen molar-refractivity contribution in [2.45, 2.75) is 6.18 Å². The Bertz CT molecular complexity index is 3970. The van der Waals surface area contributed by atoms with Crippen LogP contribution in [-0.4, -0.2) is 19.1 Å². The summed E-state index contributed by atoms with van der Waals surface area (Å²) in [4.78, 5) is 13.0. The van der Waals surface area contributed by atoms with Crippen LogP contribution in [0.3, 0.4) is 0 Å². The third-order valence-corrected chi connectivity index (χ3v) is 12.9. The first kappa shape index (κ1) is 40.4. The van der Waals surface area contributed by atoms with Crippen molar-refractivity contribution in [2.75, 3.05) is 0 Å². The minimum Gasteiger partial charge on any atom is -0.309 e. The lowest BCUT2D eigenvalue weighted by Crippen LogP contribution is -2.13. The molecular formula is C60H36F3N5. The van der Waals surface area contributed by atoms with Crippen LogP contribution in [0, 0.1) is 6.57 Å². The summed E-state index contributed by atoms with van der Waals surface area (Å²) in [6, 6.07) is 65.4. The topological polar surface area (TPSA) is 40.0 Å². The monoisotopic (exact) mass is 883 g/mol. The molecule has 0 saturated carbocycles. The van der Waals surface area contributed by atoms with E-state index in [1.54, 1.807) is 41.2 Å². The smallest absolute Gasteiger partial charge is 0.309 e. The number of fused-ring (bicyclic) bond motifs is 6. The van der Waals surface area contributed by atoms with E-state index in [4.69, 9.17) is 6.57 Å². The summed E-state index contributed by atoms with van der Waals surface area (Å²) in [6.45, 7) is 7.95. The van der Waals surface area contributed by atoms with Crippen molar-refractivity contribution in [2.24, 2.45) is 0 Å². The molecule has 5 nitrogen and oxygen atoms in total. The minimum absolute atomic E-state index is 0.0285. The van der Waals surface area contributed by atoms with Gasteiger partial charge in [-0.05, 0) is 94.5 Å². The summed E-state index contributed by atoms with van der Waals surface area (Å²) in [7, 11) is 0. The summed E-state index contributed by atoms with van der Waals surface area (Å²) >= 11 is 0. The van der Waals surface area contributed by atoms with Crippen molar-refractivity contribution in [3.8, 4) is 67.3 Å². The Morgan fingerprint density at radius 3 is 1.38 bits per heavy atom. The van der Waals surface area contributed by atoms with Gasteiger partial charge >= 0.3 is 6.18 Å². The molecule has 0 bridgehead atoms. The van der Waals surface area contributed by atoms with Crippen molar-refractivity contribution in [1.82, 2.24) is 19.1 Å². The van der Waals surface area contributed by atoms with Crippen molar-refractivity contribution >= 4 is 49.3 Å². The van der Waals surface area contributed by atoms with Crippen molar-refractivity contribution in [3.05, 3.63) is 236 Å². The molecule has 0 N–H and O–H groups in total. The fraction of sp³-hybridized carbons (Fsp3) is 0.0167. The van der Waals surface area contributed by atoms with Crippen LogP contribution in [0.1, 0.15) is 5.56 Å². The van der Waals surface area contributed by atoms with Gasteiger partial charge in [-0.25, -0.2) is 4.85 Å². The third-order valence-electron chi connectivity index (χ3n) is 12.9. The average molecular weight is 884 g/mol. The van der Waals surface area contributed by atoms with Gasteiger partial charge in [-0.15, -0.1) is 0 Å². The summed E-state index contributed by atoms with van der Waals surface area (Å²) in [5, 5.41) is 3.43. The second-order valence-electron chi connectivity index (χ2n) is 16.8. The van der Waals surface area contributed by atoms with Crippen LogP contribution in [0.15, 0.2) is 219 Å². The molecule has 0 aliphatic heterocycles. The second kappa shape index (κ2) is 16.1. The Morgan fingerprint density at radius 2 is 0.853 bits per heavy atom. The first-order valence-corrected chi connectivity index (χ1v) is 22.1. The summed E-state index contributed by atoms with van der Waals surface area (Å²) in [6.07, 6.45) is -1.25. The number of alkyl halides is 3. The van der Waals surface area contributed by atoms with E-state index in [1.807, 2.05) is 168 Å². The molecule has 0 aliphatic carbocycles. The molecule has 4 heterocycles. The lowest BCUT2D eigenvalue weighted by atomic mass is 9.97. The number of nitrogens with zero attached hydrogens (tertiary/aromatic N) is 5. The van der Waals surface area contributed by atoms with Gasteiger partial charge in [0.1, 0.15) is 0 Å². The van der Waals surface area contributed by atoms with Crippen molar-refractivity contribution in [3.63, 3.8) is 0 Å². The van der Waals surface area contributed by atoms with Crippen molar-refractivity contribution in [1.29, 1.82) is 0 Å². The fourth-order valence-electron chi connectivity index (χ4n) is 9.72. The van der Waals surface area contributed by atoms with Crippen LogP contribution < -0.4 is 0 Å². The minimum atomic E-state index is -4.79. The van der Waals surface area contributed by atoms with Crippen LogP contribution in [0.4, 0.5) is 18.9 Å². The van der Waals surface area contributed by atoms with E-state index in [1.165, 1.54) is 6.07 Å². The van der Waals surface area contributed by atoms with E-state index < -0.39 is 11.7 Å². The number of pyridine rings is 2. The maximum absolute atomic E-state index is 16.3. The number of hydrogen-bond donors (Lipinski definition) is 0. The molecule has 0 aliphatic rings. The molecule has 0 amide bonds. The average Bonchev–Trinajstić information content (AvgIpc) is 3.90. The van der Waals surface area contributed by atoms with Crippen LogP contribution >= 0.6 is 0 Å². The largest absolute Gasteiger partial charge is 0.418 e. The maximum atomic E-state index is 16.3. The molecule has 0 unspecified atom stereocenters. The Morgan fingerprint density at radius 1 is 0.382 bits per heavy atom. The van der Waals surface area contributed by atoms with Crippen LogP contribution in [0.2, 0.25) is 0 Å². The van der Waals surface area contributed by atoms with E-state index in [0.29, 0.717) is 33.5 Å². The summed E-state index contributed by atoms with van der Waals surface area (Å²) < 4.78 is 52.5. The highest BCUT2D eigenvalue weighted by molar-refractivity contribution is 6.12. The maximum Gasteiger partial charge on any atom is 0.418 e. The van der Waals surface area contributed by atoms with Gasteiger partial charge in [-0.1, -0.05) is 140 Å². The van der Waals surface area contributed by atoms with Gasteiger partial charge in [0.25, 0.3) is 0 Å². The van der Waals surface area contributed by atoms with Gasteiger partial charge in [0.2, 0.25) is 0 Å². The number of halogens is 3. The molecule has 0 saturated heterocycles. The molecular weight excluding hydrogens is 848 g/mol. The molecule has 8 aromatic carbocycles. The molecule has 0 atom stereocenters. The molecule has 0 radical (unpaired) electrons. The van der Waals surface area contributed by atoms with Gasteiger partial charge in [0.05, 0.1) is 57.0 Å². The number of aromatic nitrogens is 4. The standard InChI is InChI=1S/C60H36F3N5/c1-64-45-18-12-17-44(31-45)50-36-59(68-55-22-11-9-20-47(55)49-26-24-41(35-57(49)68)43-28-30-66-53(33-43)39-15-6-3-7-16-39)51(60(61,62)63)37-58(50)67-54-21-10-8-19-46(54)48-25-23-40(34-56(48)67)42-27-29-65-52(32-42)38-13-4-2-5-14-38/h2-37H. The normalized spacial score (nSPS) is 11.7. The van der Waals surface area contributed by atoms with Gasteiger partial charge in [0, 0.05) is 50.6 Å². The predicted molar refractivity (Wildman–Crippen MR) is 269 cm³/mol. The van der Waals surface area contributed by atoms with Gasteiger partial charge in [0.15, 0.2) is 5.69 Å². The molecule has 0 spiro atoms. The molecule has 68 heavy (non-hydrogen) atoms. The highest BCUT2D eigenvalue weighted by atomic mass is 19.4. The Balaban J connectivity index is 1.14. The van der Waals surface area contributed by atoms with Gasteiger partial charge in [-0.3, -0.25) is 9.97 Å². The van der Waals surface area contributed by atoms with Crippen molar-refractivity contribution < 1.29 is 13.2 Å². The predicted octanol–water partition coefficient (Wildman–Crippen LogP) is 16.6. The van der Waals surface area contributed by atoms with E-state index in [-0.39, 0.29) is 5.69 Å². The van der Waals surface area contributed by atoms with Crippen LogP contribution in [0.5, 0.6) is 0 Å². The zero-order valence-corrected chi connectivity index (χ0v) is 36.2. The third kappa shape index (κ3) is 6.88. The fourth-order valence-corrected chi connectivity index (χ4v) is 9.72. The number of hydrogen-bond acceptors (Lipinski definition) is 2. The molecule has 12 aromatic rings. The number of para-hydroxylation sites is 2. The summed E-state index contributed by atoms with van der Waals surface area (Å²) in [5.74, 6) is 0. The molecule has 12 rings (SSSR count). The lowest BCUT2D eigenvalue weighted by Gasteiger charge is -2.22. The Kier molecular flexibility index (Phi) is 9.59. The first-order valence-electron chi connectivity index (χ1n) is 22.1. The van der Waals surface area contributed by atoms with Gasteiger partial charge in [-0.2, -0.15) is 13.2 Å². The molecule has 0 fully saturated rings.